The second kappa shape index (κ2) is 6.19. The Morgan fingerprint density at radius 2 is 1.95 bits per heavy atom. The highest BCUT2D eigenvalue weighted by Gasteiger charge is 2.42. The van der Waals surface area contributed by atoms with Crippen LogP contribution in [0.4, 0.5) is 0 Å². The average molecular weight is 305 g/mol. The highest BCUT2D eigenvalue weighted by atomic mass is 16.5. The third-order valence-electron chi connectivity index (χ3n) is 3.58. The molecular formula is C16H19NO5. The van der Waals surface area contributed by atoms with Crippen LogP contribution in [-0.2, 0) is 9.59 Å². The van der Waals surface area contributed by atoms with E-state index in [9.17, 15) is 19.8 Å². The topological polar surface area (TPSA) is 87.1 Å². The highest BCUT2D eigenvalue weighted by molar-refractivity contribution is 6.08. The molecule has 1 aromatic rings. The van der Waals surface area contributed by atoms with E-state index in [2.05, 4.69) is 0 Å². The molecule has 1 aromatic carbocycles. The normalized spacial score (nSPS) is 19.5. The molecule has 2 rings (SSSR count). The van der Waals surface area contributed by atoms with E-state index in [1.54, 1.807) is 38.3 Å². The lowest BCUT2D eigenvalue weighted by atomic mass is 9.96. The maximum absolute atomic E-state index is 12.2. The third kappa shape index (κ3) is 2.82. The van der Waals surface area contributed by atoms with E-state index in [1.165, 1.54) is 11.8 Å². The van der Waals surface area contributed by atoms with E-state index >= 15 is 0 Å². The van der Waals surface area contributed by atoms with E-state index in [0.717, 1.165) is 0 Å². The zero-order valence-corrected chi connectivity index (χ0v) is 12.7. The van der Waals surface area contributed by atoms with Gasteiger partial charge in [0.05, 0.1) is 24.8 Å². The van der Waals surface area contributed by atoms with Crippen molar-refractivity contribution >= 4 is 11.7 Å². The molecule has 1 aliphatic heterocycles. The number of amides is 1. The molecule has 0 bridgehead atoms. The molecule has 6 nitrogen and oxygen atoms in total. The Balaban J connectivity index is 2.48. The summed E-state index contributed by atoms with van der Waals surface area (Å²) in [5.41, 5.74) is 0.722. The first-order chi connectivity index (χ1) is 10.4. The summed E-state index contributed by atoms with van der Waals surface area (Å²) in [4.78, 5) is 25.4. The number of aliphatic hydroxyl groups is 2. The number of rotatable bonds is 5. The summed E-state index contributed by atoms with van der Waals surface area (Å²) in [5, 5.41) is 19.6. The highest BCUT2D eigenvalue weighted by Crippen LogP contribution is 2.38. The van der Waals surface area contributed by atoms with E-state index in [1.807, 2.05) is 0 Å². The van der Waals surface area contributed by atoms with Gasteiger partial charge in [-0.05, 0) is 31.5 Å². The van der Waals surface area contributed by atoms with Crippen LogP contribution in [-0.4, -0.2) is 46.6 Å². The van der Waals surface area contributed by atoms with Crippen LogP contribution in [0, 0.1) is 0 Å². The lowest BCUT2D eigenvalue weighted by Gasteiger charge is -2.27. The molecule has 0 aromatic heterocycles. The number of aliphatic hydroxyl groups excluding tert-OH is 2. The molecular weight excluding hydrogens is 286 g/mol. The van der Waals surface area contributed by atoms with Gasteiger partial charge in [0.2, 0.25) is 0 Å². The zero-order valence-electron chi connectivity index (χ0n) is 12.7. The van der Waals surface area contributed by atoms with Crippen LogP contribution >= 0.6 is 0 Å². The van der Waals surface area contributed by atoms with Crippen LogP contribution in [0.25, 0.3) is 0 Å². The molecule has 1 amide bonds. The monoisotopic (exact) mass is 305 g/mol. The largest absolute Gasteiger partial charge is 0.503 e. The number of nitrogens with zero attached hydrogens (tertiary/aromatic N) is 1. The summed E-state index contributed by atoms with van der Waals surface area (Å²) < 4.78 is 5.09. The van der Waals surface area contributed by atoms with Crippen LogP contribution in [0.5, 0.6) is 5.75 Å². The maximum atomic E-state index is 12.2. The Morgan fingerprint density at radius 1 is 1.36 bits per heavy atom. The molecule has 6 heteroatoms. The number of ether oxygens (including phenoxy) is 1. The molecule has 0 aliphatic carbocycles. The van der Waals surface area contributed by atoms with Crippen LogP contribution in [0.1, 0.15) is 25.5 Å². The molecule has 0 spiro atoms. The second-order valence-corrected chi connectivity index (χ2v) is 5.30. The number of carbonyl (C=O) groups excluding carboxylic acids is 2. The molecule has 0 saturated carbocycles. The Bertz CT molecular complexity index is 618. The van der Waals surface area contributed by atoms with Crippen molar-refractivity contribution < 1.29 is 24.5 Å². The minimum absolute atomic E-state index is 0.0242. The third-order valence-corrected chi connectivity index (χ3v) is 3.58. The summed E-state index contributed by atoms with van der Waals surface area (Å²) in [6.45, 7) is 2.87. The molecule has 118 valence electrons. The summed E-state index contributed by atoms with van der Waals surface area (Å²) in [6, 6.07) is 6.19. The van der Waals surface area contributed by atoms with Crippen molar-refractivity contribution in [3.63, 3.8) is 0 Å². The van der Waals surface area contributed by atoms with Crippen LogP contribution in [0.2, 0.25) is 0 Å². The quantitative estimate of drug-likeness (QED) is 0.857. The van der Waals surface area contributed by atoms with Crippen molar-refractivity contribution in [3.05, 3.63) is 41.2 Å². The van der Waals surface area contributed by atoms with E-state index in [-0.39, 0.29) is 17.9 Å². The molecule has 0 radical (unpaired) electrons. The van der Waals surface area contributed by atoms with Gasteiger partial charge in [0.15, 0.2) is 11.5 Å². The predicted molar refractivity (Wildman–Crippen MR) is 79.5 cm³/mol. The number of ketones is 1. The number of methoxy groups -OCH3 is 1. The molecule has 22 heavy (non-hydrogen) atoms. The van der Waals surface area contributed by atoms with Crippen LogP contribution < -0.4 is 4.74 Å². The Kier molecular flexibility index (Phi) is 4.51. The van der Waals surface area contributed by atoms with E-state index in [0.29, 0.717) is 11.3 Å². The van der Waals surface area contributed by atoms with Crippen molar-refractivity contribution in [1.82, 2.24) is 4.90 Å². The number of Topliss-reactive ketones (excluding diaryl/α,β-unsaturated/α-hetero) is 1. The van der Waals surface area contributed by atoms with Crippen LogP contribution in [0.15, 0.2) is 35.6 Å². The Morgan fingerprint density at radius 3 is 2.41 bits per heavy atom. The van der Waals surface area contributed by atoms with Gasteiger partial charge in [-0.2, -0.15) is 0 Å². The molecule has 2 atom stereocenters. The molecule has 0 unspecified atom stereocenters. The SMILES string of the molecule is COc1ccc([C@H]2C(C(C)=O)=C(O)C(=O)N2C[C@@H](C)O)cc1. The van der Waals surface area contributed by atoms with Crippen LogP contribution in [0.3, 0.4) is 0 Å². The van der Waals surface area contributed by atoms with E-state index < -0.39 is 23.8 Å². The lowest BCUT2D eigenvalue weighted by molar-refractivity contribution is -0.130. The Labute approximate surface area is 128 Å². The van der Waals surface area contributed by atoms with Crippen molar-refractivity contribution in [2.45, 2.75) is 26.0 Å². The Hall–Kier alpha value is -2.34. The molecule has 1 heterocycles. The van der Waals surface area contributed by atoms with Gasteiger partial charge in [-0.25, -0.2) is 0 Å². The van der Waals surface area contributed by atoms with Crippen molar-refractivity contribution in [2.24, 2.45) is 0 Å². The number of carbonyl (C=O) groups is 2. The number of β-amino-alcohol motifs (C(OH)–C–C–N with tert-alkyl or cyclic N) is 1. The molecule has 0 fully saturated rings. The van der Waals surface area contributed by atoms with Crippen molar-refractivity contribution in [2.75, 3.05) is 13.7 Å². The predicted octanol–water partition coefficient (Wildman–Crippen LogP) is 1.36. The van der Waals surface area contributed by atoms with Gasteiger partial charge in [-0.15, -0.1) is 0 Å². The minimum atomic E-state index is -0.774. The van der Waals surface area contributed by atoms with Gasteiger partial charge in [-0.3, -0.25) is 9.59 Å². The summed E-state index contributed by atoms with van der Waals surface area (Å²) in [7, 11) is 1.54. The smallest absolute Gasteiger partial charge is 0.290 e. The minimum Gasteiger partial charge on any atom is -0.503 e. The summed E-state index contributed by atoms with van der Waals surface area (Å²) in [5.74, 6) is -0.923. The standard InChI is InChI=1S/C16H19NO5/c1-9(18)8-17-14(11-4-6-12(22-3)7-5-11)13(10(2)19)15(20)16(17)21/h4-7,9,14,18,20H,8H2,1-3H3/t9-,14+/m1/s1. The van der Waals surface area contributed by atoms with E-state index in [4.69, 9.17) is 4.74 Å². The van der Waals surface area contributed by atoms with Gasteiger partial charge < -0.3 is 19.8 Å². The van der Waals surface area contributed by atoms with Gasteiger partial charge >= 0.3 is 0 Å². The average Bonchev–Trinajstić information content (AvgIpc) is 2.72. The van der Waals surface area contributed by atoms with Crippen molar-refractivity contribution in [3.8, 4) is 5.75 Å². The lowest BCUT2D eigenvalue weighted by Crippen LogP contribution is -2.36. The molecule has 0 saturated heterocycles. The van der Waals surface area contributed by atoms with Gasteiger partial charge in [0.25, 0.3) is 5.91 Å². The van der Waals surface area contributed by atoms with Gasteiger partial charge in [-0.1, -0.05) is 12.1 Å². The van der Waals surface area contributed by atoms with Gasteiger partial charge in [0.1, 0.15) is 5.75 Å². The maximum Gasteiger partial charge on any atom is 0.290 e. The zero-order chi connectivity index (χ0) is 16.4. The van der Waals surface area contributed by atoms with Gasteiger partial charge in [0, 0.05) is 6.54 Å². The molecule has 1 aliphatic rings. The fourth-order valence-corrected chi connectivity index (χ4v) is 2.62. The first-order valence-corrected chi connectivity index (χ1v) is 6.93. The fourth-order valence-electron chi connectivity index (χ4n) is 2.62. The van der Waals surface area contributed by atoms with Crippen molar-refractivity contribution in [1.29, 1.82) is 0 Å². The number of hydrogen-bond acceptors (Lipinski definition) is 5. The summed E-state index contributed by atoms with van der Waals surface area (Å²) in [6.07, 6.45) is -0.774. The fraction of sp³-hybridized carbons (Fsp3) is 0.375. The summed E-state index contributed by atoms with van der Waals surface area (Å²) >= 11 is 0. The first kappa shape index (κ1) is 16.0. The number of hydrogen-bond donors (Lipinski definition) is 2. The number of benzene rings is 1. The molecule has 2 N–H and O–H groups in total. The first-order valence-electron chi connectivity index (χ1n) is 6.93. The second-order valence-electron chi connectivity index (χ2n) is 5.30.